The predicted molar refractivity (Wildman–Crippen MR) is 108 cm³/mol. The van der Waals surface area contributed by atoms with E-state index in [9.17, 15) is 8.42 Å². The molecule has 0 bridgehead atoms. The Morgan fingerprint density at radius 1 is 0.852 bits per heavy atom. The van der Waals surface area contributed by atoms with Gasteiger partial charge in [0, 0.05) is 6.20 Å². The molecule has 0 spiro atoms. The first-order valence-corrected chi connectivity index (χ1v) is 10.3. The van der Waals surface area contributed by atoms with E-state index >= 15 is 0 Å². The first-order chi connectivity index (χ1) is 12.8. The van der Waals surface area contributed by atoms with E-state index in [2.05, 4.69) is 9.71 Å². The molecule has 4 nitrogen and oxygen atoms in total. The summed E-state index contributed by atoms with van der Waals surface area (Å²) in [5.74, 6) is 0. The highest BCUT2D eigenvalue weighted by Gasteiger charge is 2.27. The van der Waals surface area contributed by atoms with Crippen molar-refractivity contribution in [3.8, 4) is 0 Å². The number of sulfonamides is 1. The zero-order valence-electron chi connectivity index (χ0n) is 16.0. The molecule has 5 heteroatoms. The van der Waals surface area contributed by atoms with Crippen molar-refractivity contribution in [2.24, 2.45) is 0 Å². The molecule has 0 amide bonds. The van der Waals surface area contributed by atoms with Crippen LogP contribution in [0, 0.1) is 27.7 Å². The minimum atomic E-state index is -3.75. The van der Waals surface area contributed by atoms with Crippen LogP contribution in [0.3, 0.4) is 0 Å². The monoisotopic (exact) mass is 380 g/mol. The fraction of sp³-hybridized carbons (Fsp3) is 0.227. The molecular formula is C22H24N2O2S. The summed E-state index contributed by atoms with van der Waals surface area (Å²) in [6.07, 6.45) is 1.67. The molecule has 1 unspecified atom stereocenters. The van der Waals surface area contributed by atoms with Gasteiger partial charge in [-0.15, -0.1) is 0 Å². The van der Waals surface area contributed by atoms with E-state index in [0.29, 0.717) is 10.6 Å². The van der Waals surface area contributed by atoms with Crippen molar-refractivity contribution in [3.63, 3.8) is 0 Å². The molecule has 3 rings (SSSR count). The largest absolute Gasteiger partial charge is 0.259 e. The van der Waals surface area contributed by atoms with Crippen molar-refractivity contribution >= 4 is 10.0 Å². The number of pyridine rings is 1. The molecule has 140 valence electrons. The third-order valence-electron chi connectivity index (χ3n) is 4.96. The Morgan fingerprint density at radius 2 is 1.44 bits per heavy atom. The van der Waals surface area contributed by atoms with Crippen molar-refractivity contribution in [2.75, 3.05) is 0 Å². The molecule has 0 saturated carbocycles. The van der Waals surface area contributed by atoms with Gasteiger partial charge in [-0.05, 0) is 67.6 Å². The van der Waals surface area contributed by atoms with Gasteiger partial charge in [-0.25, -0.2) is 8.42 Å². The Labute approximate surface area is 161 Å². The average Bonchev–Trinajstić information content (AvgIpc) is 2.66. The SMILES string of the molecule is Cc1cc(C)c(C)c(S(=O)(=O)NC(c2ccccc2)c2ccccn2)c1C. The van der Waals surface area contributed by atoms with Crippen LogP contribution in [0.1, 0.15) is 39.6 Å². The Kier molecular flexibility index (Phi) is 5.44. The fourth-order valence-corrected chi connectivity index (χ4v) is 5.10. The van der Waals surface area contributed by atoms with Crippen LogP contribution in [0.5, 0.6) is 0 Å². The highest BCUT2D eigenvalue weighted by atomic mass is 32.2. The molecule has 0 aliphatic heterocycles. The van der Waals surface area contributed by atoms with Crippen molar-refractivity contribution in [1.29, 1.82) is 0 Å². The molecule has 1 aromatic heterocycles. The molecular weight excluding hydrogens is 356 g/mol. The molecule has 0 fully saturated rings. The van der Waals surface area contributed by atoms with Gasteiger partial charge in [0.2, 0.25) is 10.0 Å². The lowest BCUT2D eigenvalue weighted by Crippen LogP contribution is -2.31. The summed E-state index contributed by atoms with van der Waals surface area (Å²) in [4.78, 5) is 4.74. The molecule has 2 aromatic carbocycles. The summed E-state index contributed by atoms with van der Waals surface area (Å²) in [5.41, 5.74) is 4.99. The zero-order chi connectivity index (χ0) is 19.6. The Hall–Kier alpha value is -2.50. The Balaban J connectivity index is 2.12. The van der Waals surface area contributed by atoms with Crippen LogP contribution in [0.4, 0.5) is 0 Å². The van der Waals surface area contributed by atoms with Gasteiger partial charge in [0.15, 0.2) is 0 Å². The Bertz CT molecular complexity index is 981. The normalized spacial score (nSPS) is 12.7. The van der Waals surface area contributed by atoms with Gasteiger partial charge in [-0.3, -0.25) is 4.98 Å². The summed E-state index contributed by atoms with van der Waals surface area (Å²) < 4.78 is 29.7. The van der Waals surface area contributed by atoms with E-state index in [4.69, 9.17) is 0 Å². The van der Waals surface area contributed by atoms with E-state index in [1.165, 1.54) is 0 Å². The van der Waals surface area contributed by atoms with Gasteiger partial charge < -0.3 is 0 Å². The van der Waals surface area contributed by atoms with Crippen molar-refractivity contribution < 1.29 is 8.42 Å². The van der Waals surface area contributed by atoms with Gasteiger partial charge in [0.1, 0.15) is 0 Å². The third kappa shape index (κ3) is 3.94. The number of nitrogens with zero attached hydrogens (tertiary/aromatic N) is 1. The van der Waals surface area contributed by atoms with Crippen LogP contribution in [0.15, 0.2) is 65.7 Å². The predicted octanol–water partition coefficient (Wildman–Crippen LogP) is 4.38. The molecule has 1 atom stereocenters. The molecule has 0 aliphatic rings. The maximum absolute atomic E-state index is 13.4. The van der Waals surface area contributed by atoms with Crippen molar-refractivity contribution in [2.45, 2.75) is 38.6 Å². The van der Waals surface area contributed by atoms with Gasteiger partial charge in [-0.2, -0.15) is 4.72 Å². The molecule has 27 heavy (non-hydrogen) atoms. The van der Waals surface area contributed by atoms with Crippen molar-refractivity contribution in [1.82, 2.24) is 9.71 Å². The van der Waals surface area contributed by atoms with Crippen molar-refractivity contribution in [3.05, 3.63) is 94.3 Å². The number of benzene rings is 2. The minimum Gasteiger partial charge on any atom is -0.259 e. The summed E-state index contributed by atoms with van der Waals surface area (Å²) in [6.45, 7) is 7.59. The summed E-state index contributed by atoms with van der Waals surface area (Å²) in [6, 6.07) is 16.5. The summed E-state index contributed by atoms with van der Waals surface area (Å²) >= 11 is 0. The van der Waals surface area contributed by atoms with E-state index in [1.54, 1.807) is 6.20 Å². The lowest BCUT2D eigenvalue weighted by molar-refractivity contribution is 0.568. The van der Waals surface area contributed by atoms with Crippen LogP contribution in [-0.2, 0) is 10.0 Å². The smallest absolute Gasteiger partial charge is 0.242 e. The number of rotatable bonds is 5. The quantitative estimate of drug-likeness (QED) is 0.714. The van der Waals surface area contributed by atoms with Gasteiger partial charge >= 0.3 is 0 Å². The topological polar surface area (TPSA) is 59.1 Å². The standard InChI is InChI=1S/C22H24N2O2S/c1-15-14-16(2)18(4)22(17(15)3)27(25,26)24-21(19-10-6-5-7-11-19)20-12-8-9-13-23-20/h5-14,21,24H,1-4H3. The summed E-state index contributed by atoms with van der Waals surface area (Å²) in [5, 5.41) is 0. The second-order valence-corrected chi connectivity index (χ2v) is 8.46. The van der Waals surface area contributed by atoms with Crippen LogP contribution in [0.25, 0.3) is 0 Å². The van der Waals surface area contributed by atoms with E-state index < -0.39 is 16.1 Å². The molecule has 0 radical (unpaired) electrons. The van der Waals surface area contributed by atoms with Gasteiger partial charge in [0.25, 0.3) is 0 Å². The number of aromatic nitrogens is 1. The maximum Gasteiger partial charge on any atom is 0.242 e. The minimum absolute atomic E-state index is 0.358. The lowest BCUT2D eigenvalue weighted by Gasteiger charge is -2.22. The highest BCUT2D eigenvalue weighted by molar-refractivity contribution is 7.89. The number of hydrogen-bond donors (Lipinski definition) is 1. The fourth-order valence-electron chi connectivity index (χ4n) is 3.29. The third-order valence-corrected chi connectivity index (χ3v) is 6.65. The molecule has 3 aromatic rings. The maximum atomic E-state index is 13.4. The summed E-state index contributed by atoms with van der Waals surface area (Å²) in [7, 11) is -3.75. The van der Waals surface area contributed by atoms with E-state index in [0.717, 1.165) is 27.8 Å². The average molecular weight is 381 g/mol. The molecule has 1 heterocycles. The first kappa shape index (κ1) is 19.3. The first-order valence-electron chi connectivity index (χ1n) is 8.87. The molecule has 1 N–H and O–H groups in total. The number of nitrogens with one attached hydrogen (secondary N) is 1. The lowest BCUT2D eigenvalue weighted by atomic mass is 10.0. The second kappa shape index (κ2) is 7.62. The zero-order valence-corrected chi connectivity index (χ0v) is 16.8. The Morgan fingerprint density at radius 3 is 2.00 bits per heavy atom. The van der Waals surface area contributed by atoms with Crippen LogP contribution in [-0.4, -0.2) is 13.4 Å². The van der Waals surface area contributed by atoms with Crippen LogP contribution in [0.2, 0.25) is 0 Å². The van der Waals surface area contributed by atoms with E-state index in [-0.39, 0.29) is 0 Å². The molecule has 0 aliphatic carbocycles. The number of aryl methyl sites for hydroxylation is 2. The number of hydrogen-bond acceptors (Lipinski definition) is 3. The highest BCUT2D eigenvalue weighted by Crippen LogP contribution is 2.29. The van der Waals surface area contributed by atoms with Gasteiger partial charge in [0.05, 0.1) is 16.6 Å². The molecule has 0 saturated heterocycles. The van der Waals surface area contributed by atoms with E-state index in [1.807, 2.05) is 82.3 Å². The van der Waals surface area contributed by atoms with Crippen LogP contribution < -0.4 is 4.72 Å². The van der Waals surface area contributed by atoms with Gasteiger partial charge in [-0.1, -0.05) is 42.5 Å². The second-order valence-electron chi connectivity index (χ2n) is 6.81. The van der Waals surface area contributed by atoms with Crippen LogP contribution >= 0.6 is 0 Å².